The van der Waals surface area contributed by atoms with E-state index in [0.717, 1.165) is 41.5 Å². The van der Waals surface area contributed by atoms with Gasteiger partial charge in [0.05, 0.1) is 7.11 Å². The lowest BCUT2D eigenvalue weighted by Gasteiger charge is -2.10. The Morgan fingerprint density at radius 2 is 2.00 bits per heavy atom. The van der Waals surface area contributed by atoms with Gasteiger partial charge in [0.25, 0.3) is 0 Å². The number of methoxy groups -OCH3 is 1. The Labute approximate surface area is 126 Å². The number of benzene rings is 1. The van der Waals surface area contributed by atoms with Gasteiger partial charge in [-0.15, -0.1) is 0 Å². The van der Waals surface area contributed by atoms with Crippen LogP contribution in [0.1, 0.15) is 29.6 Å². The van der Waals surface area contributed by atoms with Crippen LogP contribution in [0.5, 0.6) is 11.5 Å². The summed E-state index contributed by atoms with van der Waals surface area (Å²) in [6.45, 7) is 5.27. The summed E-state index contributed by atoms with van der Waals surface area (Å²) in [5.74, 6) is 3.24. The summed E-state index contributed by atoms with van der Waals surface area (Å²) in [4.78, 5) is 0. The maximum absolute atomic E-state index is 5.82. The molecule has 0 amide bonds. The first-order valence-corrected chi connectivity index (χ1v) is 7.20. The molecule has 114 valence electrons. The van der Waals surface area contributed by atoms with Crippen molar-refractivity contribution in [1.29, 1.82) is 0 Å². The van der Waals surface area contributed by atoms with Crippen molar-refractivity contribution in [2.45, 2.75) is 33.4 Å². The summed E-state index contributed by atoms with van der Waals surface area (Å²) in [5, 5.41) is 3.12. The second kappa shape index (κ2) is 7.18. The molecule has 0 saturated heterocycles. The summed E-state index contributed by atoms with van der Waals surface area (Å²) in [5.41, 5.74) is 2.38. The van der Waals surface area contributed by atoms with Crippen LogP contribution in [-0.4, -0.2) is 14.2 Å². The molecule has 2 aromatic rings. The summed E-state index contributed by atoms with van der Waals surface area (Å²) in [6, 6.07) is 8.04. The second-order valence-corrected chi connectivity index (χ2v) is 4.95. The molecule has 1 N–H and O–H groups in total. The molecular formula is C17H23NO3. The van der Waals surface area contributed by atoms with Gasteiger partial charge in [-0.05, 0) is 44.2 Å². The Hall–Kier alpha value is -1.94. The van der Waals surface area contributed by atoms with Gasteiger partial charge in [-0.1, -0.05) is 13.0 Å². The fraction of sp³-hybridized carbons (Fsp3) is 0.412. The zero-order valence-electron chi connectivity index (χ0n) is 13.2. The third-order valence-electron chi connectivity index (χ3n) is 3.45. The topological polar surface area (TPSA) is 43.6 Å². The van der Waals surface area contributed by atoms with Gasteiger partial charge < -0.3 is 19.2 Å². The summed E-state index contributed by atoms with van der Waals surface area (Å²) >= 11 is 0. The van der Waals surface area contributed by atoms with Crippen molar-refractivity contribution in [1.82, 2.24) is 5.32 Å². The summed E-state index contributed by atoms with van der Waals surface area (Å²) < 4.78 is 16.9. The van der Waals surface area contributed by atoms with Crippen molar-refractivity contribution >= 4 is 0 Å². The maximum atomic E-state index is 5.82. The first-order valence-electron chi connectivity index (χ1n) is 7.20. The lowest BCUT2D eigenvalue weighted by atomic mass is 10.1. The lowest BCUT2D eigenvalue weighted by Crippen LogP contribution is -2.04. The van der Waals surface area contributed by atoms with E-state index in [4.69, 9.17) is 13.9 Å². The van der Waals surface area contributed by atoms with E-state index < -0.39 is 0 Å². The average Bonchev–Trinajstić information content (AvgIpc) is 2.85. The van der Waals surface area contributed by atoms with E-state index in [1.807, 2.05) is 32.2 Å². The number of hydrogen-bond acceptors (Lipinski definition) is 4. The lowest BCUT2D eigenvalue weighted by molar-refractivity contribution is 0.254. The van der Waals surface area contributed by atoms with E-state index in [0.29, 0.717) is 6.61 Å². The van der Waals surface area contributed by atoms with E-state index in [2.05, 4.69) is 18.3 Å². The van der Waals surface area contributed by atoms with E-state index in [-0.39, 0.29) is 0 Å². The van der Waals surface area contributed by atoms with Crippen molar-refractivity contribution in [3.8, 4) is 11.5 Å². The SMILES string of the molecule is CCc1ccc(OCc2cc(CNC)c(C)o2)c(OC)c1. The minimum absolute atomic E-state index is 0.395. The maximum Gasteiger partial charge on any atom is 0.161 e. The first-order chi connectivity index (χ1) is 10.2. The molecule has 1 aromatic carbocycles. The Kier molecular flexibility index (Phi) is 5.28. The van der Waals surface area contributed by atoms with Crippen molar-refractivity contribution < 1.29 is 13.9 Å². The van der Waals surface area contributed by atoms with Crippen LogP contribution in [0.4, 0.5) is 0 Å². The van der Waals surface area contributed by atoms with E-state index in [9.17, 15) is 0 Å². The average molecular weight is 289 g/mol. The van der Waals surface area contributed by atoms with Crippen LogP contribution in [-0.2, 0) is 19.6 Å². The Balaban J connectivity index is 2.07. The molecule has 0 spiro atoms. The molecule has 0 aliphatic rings. The highest BCUT2D eigenvalue weighted by atomic mass is 16.5. The third kappa shape index (κ3) is 3.79. The minimum Gasteiger partial charge on any atom is -0.493 e. The Morgan fingerprint density at radius 3 is 2.67 bits per heavy atom. The highest BCUT2D eigenvalue weighted by molar-refractivity contribution is 5.43. The van der Waals surface area contributed by atoms with Crippen LogP contribution in [0.2, 0.25) is 0 Å². The van der Waals surface area contributed by atoms with Gasteiger partial charge in [-0.2, -0.15) is 0 Å². The Bertz CT molecular complexity index is 590. The number of rotatable bonds is 7. The van der Waals surface area contributed by atoms with Crippen molar-refractivity contribution in [3.63, 3.8) is 0 Å². The van der Waals surface area contributed by atoms with Crippen LogP contribution < -0.4 is 14.8 Å². The minimum atomic E-state index is 0.395. The number of furan rings is 1. The molecule has 0 aliphatic heterocycles. The number of ether oxygens (including phenoxy) is 2. The quantitative estimate of drug-likeness (QED) is 0.847. The Morgan fingerprint density at radius 1 is 1.19 bits per heavy atom. The highest BCUT2D eigenvalue weighted by Crippen LogP contribution is 2.29. The molecule has 0 aliphatic carbocycles. The molecule has 0 saturated carbocycles. The normalized spacial score (nSPS) is 10.7. The van der Waals surface area contributed by atoms with E-state index in [1.54, 1.807) is 7.11 Å². The van der Waals surface area contributed by atoms with Crippen molar-refractivity contribution in [3.05, 3.63) is 46.9 Å². The molecule has 21 heavy (non-hydrogen) atoms. The van der Waals surface area contributed by atoms with Gasteiger partial charge in [0.1, 0.15) is 18.1 Å². The van der Waals surface area contributed by atoms with Gasteiger partial charge in [0, 0.05) is 12.1 Å². The number of hydrogen-bond donors (Lipinski definition) is 1. The first kappa shape index (κ1) is 15.4. The van der Waals surface area contributed by atoms with Gasteiger partial charge >= 0.3 is 0 Å². The number of nitrogens with one attached hydrogen (secondary N) is 1. The third-order valence-corrected chi connectivity index (χ3v) is 3.45. The standard InChI is InChI=1S/C17H23NO3/c1-5-13-6-7-16(17(8-13)19-4)20-11-15-9-14(10-18-3)12(2)21-15/h6-9,18H,5,10-11H2,1-4H3. The van der Waals surface area contributed by atoms with Crippen molar-refractivity contribution in [2.75, 3.05) is 14.2 Å². The van der Waals surface area contributed by atoms with Crippen molar-refractivity contribution in [2.24, 2.45) is 0 Å². The van der Waals surface area contributed by atoms with Crippen LogP contribution in [0.25, 0.3) is 0 Å². The monoisotopic (exact) mass is 289 g/mol. The smallest absolute Gasteiger partial charge is 0.161 e. The van der Waals surface area contributed by atoms with Crippen LogP contribution in [0.3, 0.4) is 0 Å². The van der Waals surface area contributed by atoms with Crippen LogP contribution >= 0.6 is 0 Å². The molecule has 4 nitrogen and oxygen atoms in total. The molecule has 0 unspecified atom stereocenters. The van der Waals surface area contributed by atoms with Gasteiger partial charge in [0.2, 0.25) is 0 Å². The molecule has 1 aromatic heterocycles. The predicted octanol–water partition coefficient (Wildman–Crippen LogP) is 3.46. The van der Waals surface area contributed by atoms with E-state index >= 15 is 0 Å². The largest absolute Gasteiger partial charge is 0.493 e. The van der Waals surface area contributed by atoms with E-state index in [1.165, 1.54) is 5.56 Å². The summed E-state index contributed by atoms with van der Waals surface area (Å²) in [7, 11) is 3.58. The molecule has 1 heterocycles. The van der Waals surface area contributed by atoms with Crippen LogP contribution in [0.15, 0.2) is 28.7 Å². The predicted molar refractivity (Wildman–Crippen MR) is 82.9 cm³/mol. The molecule has 4 heteroatoms. The van der Waals surface area contributed by atoms with Gasteiger partial charge in [-0.25, -0.2) is 0 Å². The summed E-state index contributed by atoms with van der Waals surface area (Å²) in [6.07, 6.45) is 0.974. The molecule has 2 rings (SSSR count). The molecule has 0 radical (unpaired) electrons. The molecule has 0 fully saturated rings. The highest BCUT2D eigenvalue weighted by Gasteiger charge is 2.10. The van der Waals surface area contributed by atoms with Gasteiger partial charge in [0.15, 0.2) is 11.5 Å². The second-order valence-electron chi connectivity index (χ2n) is 4.95. The fourth-order valence-corrected chi connectivity index (χ4v) is 2.22. The zero-order chi connectivity index (χ0) is 15.2. The number of aryl methyl sites for hydroxylation is 2. The molecule has 0 bridgehead atoms. The molecular weight excluding hydrogens is 266 g/mol. The van der Waals surface area contributed by atoms with Crippen LogP contribution in [0, 0.1) is 6.92 Å². The van der Waals surface area contributed by atoms with Gasteiger partial charge in [-0.3, -0.25) is 0 Å². The fourth-order valence-electron chi connectivity index (χ4n) is 2.22. The zero-order valence-corrected chi connectivity index (χ0v) is 13.2. The molecule has 0 atom stereocenters.